The minimum atomic E-state index is -0.346. The van der Waals surface area contributed by atoms with E-state index in [0.29, 0.717) is 11.3 Å². The Bertz CT molecular complexity index is 744. The molecule has 2 amide bonds. The number of nitrogens with one attached hydrogen (secondary N) is 2. The van der Waals surface area contributed by atoms with Gasteiger partial charge in [0, 0.05) is 11.6 Å². The molecule has 0 aliphatic rings. The molecule has 4 heteroatoms. The molecule has 0 saturated heterocycles. The third-order valence-electron chi connectivity index (χ3n) is 3.14. The molecule has 2 N–H and O–H groups in total. The number of carbonyl (C=O) groups excluding carboxylic acids is 2. The van der Waals surface area contributed by atoms with Gasteiger partial charge in [-0.05, 0) is 44.5 Å². The molecule has 0 aromatic heterocycles. The van der Waals surface area contributed by atoms with Gasteiger partial charge in [-0.2, -0.15) is 0 Å². The summed E-state index contributed by atoms with van der Waals surface area (Å²) in [4.78, 5) is 24.5. The average molecular weight is 322 g/mol. The quantitative estimate of drug-likeness (QED) is 0.840. The minimum Gasteiger partial charge on any atom is -0.347 e. The van der Waals surface area contributed by atoms with Crippen molar-refractivity contribution < 1.29 is 9.59 Å². The molecule has 0 radical (unpaired) electrons. The summed E-state index contributed by atoms with van der Waals surface area (Å²) < 4.78 is 0. The second kappa shape index (κ2) is 7.59. The standard InChI is InChI=1S/C20H22N2O2/c1-20(2,3)22-19(24)16-11-7-8-12-17(16)21-18(23)14-13-15-9-5-4-6-10-15/h4-14H,1-3H3,(H,21,23)(H,22,24)/b14-13+. The number of para-hydroxylation sites is 1. The van der Waals surface area contributed by atoms with Crippen molar-refractivity contribution in [3.8, 4) is 0 Å². The molecule has 4 nitrogen and oxygen atoms in total. The molecule has 0 spiro atoms. The Kier molecular flexibility index (Phi) is 5.53. The molecule has 2 rings (SSSR count). The average Bonchev–Trinajstić information content (AvgIpc) is 2.53. The Morgan fingerprint density at radius 1 is 0.917 bits per heavy atom. The zero-order valence-corrected chi connectivity index (χ0v) is 14.2. The van der Waals surface area contributed by atoms with Gasteiger partial charge < -0.3 is 10.6 Å². The third kappa shape index (κ3) is 5.39. The second-order valence-electron chi connectivity index (χ2n) is 6.48. The summed E-state index contributed by atoms with van der Waals surface area (Å²) in [5.41, 5.74) is 1.52. The monoisotopic (exact) mass is 322 g/mol. The minimum absolute atomic E-state index is 0.217. The fourth-order valence-corrected chi connectivity index (χ4v) is 2.11. The number of benzene rings is 2. The number of hydrogen-bond acceptors (Lipinski definition) is 2. The summed E-state index contributed by atoms with van der Waals surface area (Å²) >= 11 is 0. The van der Waals surface area contributed by atoms with Gasteiger partial charge >= 0.3 is 0 Å². The maximum Gasteiger partial charge on any atom is 0.253 e. The van der Waals surface area contributed by atoms with Crippen molar-refractivity contribution in [3.05, 3.63) is 71.8 Å². The molecule has 0 bridgehead atoms. The third-order valence-corrected chi connectivity index (χ3v) is 3.14. The molecule has 0 atom stereocenters. The van der Waals surface area contributed by atoms with Gasteiger partial charge in [-0.15, -0.1) is 0 Å². The molecule has 0 saturated carbocycles. The van der Waals surface area contributed by atoms with E-state index in [-0.39, 0.29) is 17.4 Å². The number of anilines is 1. The predicted molar refractivity (Wildman–Crippen MR) is 97.8 cm³/mol. The number of hydrogen-bond donors (Lipinski definition) is 2. The van der Waals surface area contributed by atoms with E-state index in [1.165, 1.54) is 6.08 Å². The highest BCUT2D eigenvalue weighted by molar-refractivity contribution is 6.07. The van der Waals surface area contributed by atoms with Crippen molar-refractivity contribution in [3.63, 3.8) is 0 Å². The zero-order chi connectivity index (χ0) is 17.6. The van der Waals surface area contributed by atoms with Crippen LogP contribution in [0.3, 0.4) is 0 Å². The first-order valence-electron chi connectivity index (χ1n) is 7.81. The highest BCUT2D eigenvalue weighted by atomic mass is 16.2. The van der Waals surface area contributed by atoms with Crippen molar-refractivity contribution in [2.75, 3.05) is 5.32 Å². The van der Waals surface area contributed by atoms with Crippen LogP contribution in [0.1, 0.15) is 36.7 Å². The first-order chi connectivity index (χ1) is 11.3. The summed E-state index contributed by atoms with van der Waals surface area (Å²) in [5, 5.41) is 5.66. The van der Waals surface area contributed by atoms with Crippen LogP contribution >= 0.6 is 0 Å². The first-order valence-corrected chi connectivity index (χ1v) is 7.81. The number of rotatable bonds is 4. The van der Waals surface area contributed by atoms with E-state index in [1.807, 2.05) is 51.1 Å². The molecule has 2 aromatic carbocycles. The fourth-order valence-electron chi connectivity index (χ4n) is 2.11. The van der Waals surface area contributed by atoms with Crippen molar-refractivity contribution in [2.45, 2.75) is 26.3 Å². The van der Waals surface area contributed by atoms with Crippen LogP contribution in [-0.2, 0) is 4.79 Å². The van der Waals surface area contributed by atoms with E-state index in [2.05, 4.69) is 10.6 Å². The summed E-state index contributed by atoms with van der Waals surface area (Å²) in [6.45, 7) is 5.73. The number of carbonyl (C=O) groups is 2. The highest BCUT2D eigenvalue weighted by Gasteiger charge is 2.18. The molecule has 0 aliphatic heterocycles. The van der Waals surface area contributed by atoms with Gasteiger partial charge in [-0.3, -0.25) is 9.59 Å². The summed E-state index contributed by atoms with van der Waals surface area (Å²) in [5.74, 6) is -0.500. The van der Waals surface area contributed by atoms with Gasteiger partial charge in [-0.25, -0.2) is 0 Å². The normalized spacial score (nSPS) is 11.3. The van der Waals surface area contributed by atoms with Crippen molar-refractivity contribution in [2.24, 2.45) is 0 Å². The Hall–Kier alpha value is -2.88. The van der Waals surface area contributed by atoms with Crippen LogP contribution < -0.4 is 10.6 Å². The van der Waals surface area contributed by atoms with E-state index in [1.54, 1.807) is 30.3 Å². The van der Waals surface area contributed by atoms with Crippen LogP contribution in [0.2, 0.25) is 0 Å². The summed E-state index contributed by atoms with van der Waals surface area (Å²) in [6.07, 6.45) is 3.18. The Labute approximate surface area is 142 Å². The lowest BCUT2D eigenvalue weighted by atomic mass is 10.1. The SMILES string of the molecule is CC(C)(C)NC(=O)c1ccccc1NC(=O)/C=C/c1ccccc1. The van der Waals surface area contributed by atoms with Gasteiger partial charge in [0.2, 0.25) is 5.91 Å². The van der Waals surface area contributed by atoms with Gasteiger partial charge in [0.05, 0.1) is 11.3 Å². The van der Waals surface area contributed by atoms with E-state index < -0.39 is 0 Å². The van der Waals surface area contributed by atoms with Gasteiger partial charge in [0.15, 0.2) is 0 Å². The highest BCUT2D eigenvalue weighted by Crippen LogP contribution is 2.16. The molecule has 2 aromatic rings. The van der Waals surface area contributed by atoms with Crippen LogP contribution in [0.5, 0.6) is 0 Å². The lowest BCUT2D eigenvalue weighted by molar-refractivity contribution is -0.111. The molecule has 0 heterocycles. The maximum absolute atomic E-state index is 12.4. The topological polar surface area (TPSA) is 58.2 Å². The summed E-state index contributed by atoms with van der Waals surface area (Å²) in [6, 6.07) is 16.5. The van der Waals surface area contributed by atoms with Crippen molar-refractivity contribution in [1.29, 1.82) is 0 Å². The van der Waals surface area contributed by atoms with E-state index >= 15 is 0 Å². The van der Waals surface area contributed by atoms with Crippen LogP contribution in [0.4, 0.5) is 5.69 Å². The first kappa shape index (κ1) is 17.5. The Morgan fingerprint density at radius 3 is 2.21 bits per heavy atom. The molecule has 0 aliphatic carbocycles. The second-order valence-corrected chi connectivity index (χ2v) is 6.48. The lowest BCUT2D eigenvalue weighted by Gasteiger charge is -2.21. The Balaban J connectivity index is 2.11. The molecule has 124 valence electrons. The molecule has 24 heavy (non-hydrogen) atoms. The van der Waals surface area contributed by atoms with E-state index in [9.17, 15) is 9.59 Å². The Morgan fingerprint density at radius 2 is 1.54 bits per heavy atom. The zero-order valence-electron chi connectivity index (χ0n) is 14.2. The predicted octanol–water partition coefficient (Wildman–Crippen LogP) is 3.87. The van der Waals surface area contributed by atoms with Crippen molar-refractivity contribution in [1.82, 2.24) is 5.32 Å². The molecule has 0 fully saturated rings. The molecular weight excluding hydrogens is 300 g/mol. The lowest BCUT2D eigenvalue weighted by Crippen LogP contribution is -2.40. The van der Waals surface area contributed by atoms with Crippen LogP contribution in [0.25, 0.3) is 6.08 Å². The van der Waals surface area contributed by atoms with Crippen LogP contribution in [0, 0.1) is 0 Å². The van der Waals surface area contributed by atoms with Crippen LogP contribution in [0.15, 0.2) is 60.7 Å². The maximum atomic E-state index is 12.4. The smallest absolute Gasteiger partial charge is 0.253 e. The fraction of sp³-hybridized carbons (Fsp3) is 0.200. The molecular formula is C20H22N2O2. The van der Waals surface area contributed by atoms with Gasteiger partial charge in [0.1, 0.15) is 0 Å². The van der Waals surface area contributed by atoms with E-state index in [0.717, 1.165) is 5.56 Å². The molecule has 0 unspecified atom stereocenters. The van der Waals surface area contributed by atoms with Gasteiger partial charge in [-0.1, -0.05) is 42.5 Å². The number of amides is 2. The summed E-state index contributed by atoms with van der Waals surface area (Å²) in [7, 11) is 0. The van der Waals surface area contributed by atoms with Crippen molar-refractivity contribution >= 4 is 23.6 Å². The largest absolute Gasteiger partial charge is 0.347 e. The van der Waals surface area contributed by atoms with E-state index in [4.69, 9.17) is 0 Å². The van der Waals surface area contributed by atoms with Gasteiger partial charge in [0.25, 0.3) is 5.91 Å². The van der Waals surface area contributed by atoms with Crippen LogP contribution in [-0.4, -0.2) is 17.4 Å².